The Hall–Kier alpha value is -2.79. The molecule has 5 nitrogen and oxygen atoms in total. The quantitative estimate of drug-likeness (QED) is 0.670. The van der Waals surface area contributed by atoms with Gasteiger partial charge in [-0.15, -0.1) is 0 Å². The summed E-state index contributed by atoms with van der Waals surface area (Å²) in [5, 5.41) is 0. The number of esters is 1. The van der Waals surface area contributed by atoms with E-state index in [4.69, 9.17) is 14.2 Å². The molecule has 0 N–H and O–H groups in total. The van der Waals surface area contributed by atoms with Gasteiger partial charge in [-0.1, -0.05) is 30.3 Å². The molecule has 1 aliphatic carbocycles. The van der Waals surface area contributed by atoms with Gasteiger partial charge >= 0.3 is 5.97 Å². The molecule has 0 radical (unpaired) electrons. The predicted octanol–water partition coefficient (Wildman–Crippen LogP) is 4.25. The van der Waals surface area contributed by atoms with Gasteiger partial charge in [0.1, 0.15) is 17.3 Å². The maximum Gasteiger partial charge on any atom is 0.349 e. The average molecular weight is 408 g/mol. The lowest BCUT2D eigenvalue weighted by Crippen LogP contribution is -2.43. The minimum Gasteiger partial charge on any atom is -0.496 e. The van der Waals surface area contributed by atoms with Crippen molar-refractivity contribution in [3.63, 3.8) is 0 Å². The number of ether oxygens (including phenoxy) is 3. The minimum atomic E-state index is -0.362. The van der Waals surface area contributed by atoms with Gasteiger partial charge in [-0.25, -0.2) is 4.79 Å². The smallest absolute Gasteiger partial charge is 0.349 e. The third kappa shape index (κ3) is 3.94. The number of carbonyl (C=O) groups excluding carboxylic acids is 1. The van der Waals surface area contributed by atoms with Crippen LogP contribution in [0.15, 0.2) is 60.4 Å². The molecule has 30 heavy (non-hydrogen) atoms. The molecule has 158 valence electrons. The van der Waals surface area contributed by atoms with E-state index in [1.54, 1.807) is 7.11 Å². The molecular formula is C25H29NO4. The molecule has 2 aromatic rings. The predicted molar refractivity (Wildman–Crippen MR) is 116 cm³/mol. The van der Waals surface area contributed by atoms with E-state index in [0.717, 1.165) is 42.9 Å². The summed E-state index contributed by atoms with van der Waals surface area (Å²) >= 11 is 0. The van der Waals surface area contributed by atoms with Crippen molar-refractivity contribution < 1.29 is 19.0 Å². The fourth-order valence-corrected chi connectivity index (χ4v) is 4.84. The Balaban J connectivity index is 1.47. The summed E-state index contributed by atoms with van der Waals surface area (Å²) < 4.78 is 16.6. The summed E-state index contributed by atoms with van der Waals surface area (Å²) in [5.74, 6) is 1.96. The zero-order valence-electron chi connectivity index (χ0n) is 17.9. The molecule has 1 heterocycles. The summed E-state index contributed by atoms with van der Waals surface area (Å²) in [6.07, 6.45) is 4.76. The molecule has 0 spiro atoms. The monoisotopic (exact) mass is 407 g/mol. The van der Waals surface area contributed by atoms with Crippen LogP contribution in [-0.4, -0.2) is 44.2 Å². The van der Waals surface area contributed by atoms with Crippen LogP contribution in [0.1, 0.15) is 30.4 Å². The van der Waals surface area contributed by atoms with Crippen molar-refractivity contribution in [2.45, 2.75) is 37.6 Å². The third-order valence-corrected chi connectivity index (χ3v) is 6.48. The van der Waals surface area contributed by atoms with E-state index in [-0.39, 0.29) is 18.0 Å². The second-order valence-electron chi connectivity index (χ2n) is 8.24. The molecule has 2 atom stereocenters. The van der Waals surface area contributed by atoms with Crippen molar-refractivity contribution in [3.05, 3.63) is 71.5 Å². The number of benzene rings is 2. The molecule has 1 saturated heterocycles. The van der Waals surface area contributed by atoms with Crippen molar-refractivity contribution in [1.82, 2.24) is 4.90 Å². The normalized spacial score (nSPS) is 23.4. The van der Waals surface area contributed by atoms with Gasteiger partial charge in [0.05, 0.1) is 7.11 Å². The zero-order chi connectivity index (χ0) is 21.1. The summed E-state index contributed by atoms with van der Waals surface area (Å²) in [4.78, 5) is 14.7. The highest BCUT2D eigenvalue weighted by molar-refractivity contribution is 5.72. The van der Waals surface area contributed by atoms with Crippen molar-refractivity contribution in [2.75, 3.05) is 27.3 Å². The van der Waals surface area contributed by atoms with Gasteiger partial charge in [0.25, 0.3) is 0 Å². The molecule has 1 fully saturated rings. The fourth-order valence-electron chi connectivity index (χ4n) is 4.84. The first kappa shape index (κ1) is 20.5. The largest absolute Gasteiger partial charge is 0.496 e. The van der Waals surface area contributed by atoms with Gasteiger partial charge in [0.15, 0.2) is 6.61 Å². The number of hydrogen-bond acceptors (Lipinski definition) is 5. The molecule has 2 aliphatic rings. The van der Waals surface area contributed by atoms with E-state index in [2.05, 4.69) is 43.1 Å². The van der Waals surface area contributed by atoms with Crippen LogP contribution in [-0.2, 0) is 14.9 Å². The van der Waals surface area contributed by atoms with Crippen LogP contribution in [0.3, 0.4) is 0 Å². The number of methoxy groups -OCH3 is 1. The molecule has 0 bridgehead atoms. The molecule has 0 amide bonds. The lowest BCUT2D eigenvalue weighted by atomic mass is 9.68. The van der Waals surface area contributed by atoms with Gasteiger partial charge in [0, 0.05) is 17.9 Å². The van der Waals surface area contributed by atoms with Crippen LogP contribution in [0.4, 0.5) is 0 Å². The van der Waals surface area contributed by atoms with Gasteiger partial charge in [-0.3, -0.25) is 0 Å². The van der Waals surface area contributed by atoms with Crippen molar-refractivity contribution in [1.29, 1.82) is 0 Å². The standard InChI is InChI=1S/C25H29NO4/c1-18-15-19(9-10-22(18)28-3)25-12-11-21(16-23(25)26(2)14-13-25)30-24(27)17-29-20-7-5-4-6-8-20/h4-11,15,23H,12-14,16-17H2,1-3H3. The molecule has 4 rings (SSSR count). The summed E-state index contributed by atoms with van der Waals surface area (Å²) in [7, 11) is 3.87. The Labute approximate surface area is 178 Å². The van der Waals surface area contributed by atoms with Crippen molar-refractivity contribution in [2.24, 2.45) is 0 Å². The maximum absolute atomic E-state index is 12.3. The molecule has 2 aromatic carbocycles. The Morgan fingerprint density at radius 2 is 2.00 bits per heavy atom. The number of likely N-dealkylation sites (tertiary alicyclic amines) is 1. The van der Waals surface area contributed by atoms with Crippen LogP contribution in [0.2, 0.25) is 0 Å². The summed E-state index contributed by atoms with van der Waals surface area (Å²) in [6, 6.07) is 16.1. The van der Waals surface area contributed by atoms with Crippen molar-refractivity contribution >= 4 is 5.97 Å². The number of carbonyl (C=O) groups is 1. The fraction of sp³-hybridized carbons (Fsp3) is 0.400. The molecule has 0 saturated carbocycles. The summed E-state index contributed by atoms with van der Waals surface area (Å²) in [5.41, 5.74) is 2.53. The number of nitrogens with zero attached hydrogens (tertiary/aromatic N) is 1. The number of allylic oxidation sites excluding steroid dienone is 1. The minimum absolute atomic E-state index is 0.0439. The van der Waals surface area contributed by atoms with Crippen LogP contribution in [0.5, 0.6) is 11.5 Å². The Bertz CT molecular complexity index is 939. The summed E-state index contributed by atoms with van der Waals surface area (Å²) in [6.45, 7) is 3.03. The topological polar surface area (TPSA) is 48.0 Å². The first-order valence-corrected chi connectivity index (χ1v) is 10.4. The van der Waals surface area contributed by atoms with Crippen LogP contribution >= 0.6 is 0 Å². The highest BCUT2D eigenvalue weighted by Gasteiger charge is 2.49. The number of hydrogen-bond donors (Lipinski definition) is 0. The first-order chi connectivity index (χ1) is 14.5. The van der Waals surface area contributed by atoms with E-state index in [1.165, 1.54) is 5.56 Å². The number of aryl methyl sites for hydroxylation is 1. The molecule has 1 aliphatic heterocycles. The highest BCUT2D eigenvalue weighted by atomic mass is 16.6. The van der Waals surface area contributed by atoms with Crippen LogP contribution in [0, 0.1) is 6.92 Å². The number of likely N-dealkylation sites (N-methyl/N-ethyl adjacent to an activating group) is 1. The lowest BCUT2D eigenvalue weighted by molar-refractivity contribution is -0.142. The first-order valence-electron chi connectivity index (χ1n) is 10.4. The number of fused-ring (bicyclic) bond motifs is 1. The van der Waals surface area contributed by atoms with Gasteiger partial charge in [-0.05, 0) is 68.8 Å². The Kier molecular flexibility index (Phi) is 5.82. The Morgan fingerprint density at radius 1 is 1.20 bits per heavy atom. The number of para-hydroxylation sites is 1. The third-order valence-electron chi connectivity index (χ3n) is 6.48. The second kappa shape index (κ2) is 8.52. The van der Waals surface area contributed by atoms with E-state index >= 15 is 0 Å². The van der Waals surface area contributed by atoms with Gasteiger partial charge < -0.3 is 19.1 Å². The SMILES string of the molecule is COc1ccc(C23CC=C(OC(=O)COc4ccccc4)CC2N(C)CC3)cc1C. The molecular weight excluding hydrogens is 378 g/mol. The van der Waals surface area contributed by atoms with Gasteiger partial charge in [0.2, 0.25) is 0 Å². The van der Waals surface area contributed by atoms with Crippen LogP contribution in [0.25, 0.3) is 0 Å². The molecule has 5 heteroatoms. The number of rotatable bonds is 6. The van der Waals surface area contributed by atoms with E-state index in [1.807, 2.05) is 30.3 Å². The average Bonchev–Trinajstić information content (AvgIpc) is 3.10. The molecule has 2 unspecified atom stereocenters. The van der Waals surface area contributed by atoms with E-state index in [0.29, 0.717) is 11.8 Å². The van der Waals surface area contributed by atoms with Crippen molar-refractivity contribution in [3.8, 4) is 11.5 Å². The molecule has 0 aromatic heterocycles. The zero-order valence-corrected chi connectivity index (χ0v) is 17.9. The second-order valence-corrected chi connectivity index (χ2v) is 8.24. The van der Waals surface area contributed by atoms with Crippen LogP contribution < -0.4 is 9.47 Å². The van der Waals surface area contributed by atoms with Gasteiger partial charge in [-0.2, -0.15) is 0 Å². The lowest BCUT2D eigenvalue weighted by Gasteiger charge is -2.40. The Morgan fingerprint density at radius 3 is 2.73 bits per heavy atom. The van der Waals surface area contributed by atoms with E-state index < -0.39 is 0 Å². The van der Waals surface area contributed by atoms with E-state index in [9.17, 15) is 4.79 Å². The highest BCUT2D eigenvalue weighted by Crippen LogP contribution is 2.48. The maximum atomic E-state index is 12.3.